The van der Waals surface area contributed by atoms with Crippen LogP contribution in [0.1, 0.15) is 10.4 Å². The topological polar surface area (TPSA) is 137 Å². The number of carboxylic acid groups (broad SMARTS) is 1. The first-order chi connectivity index (χ1) is 12.9. The predicted molar refractivity (Wildman–Crippen MR) is 93.2 cm³/mol. The maximum atomic E-state index is 11.0. The predicted octanol–water partition coefficient (Wildman–Crippen LogP) is 0.230. The Hall–Kier alpha value is -2.49. The molecule has 1 fully saturated rings. The van der Waals surface area contributed by atoms with Crippen molar-refractivity contribution in [2.75, 3.05) is 6.61 Å². The molecule has 1 aliphatic heterocycles. The first-order valence-electron chi connectivity index (χ1n) is 8.32. The van der Waals surface area contributed by atoms with Crippen LogP contribution in [0.3, 0.4) is 0 Å². The molecule has 0 radical (unpaired) electrons. The van der Waals surface area contributed by atoms with E-state index >= 15 is 0 Å². The minimum absolute atomic E-state index is 0.145. The third-order valence-corrected chi connectivity index (χ3v) is 4.42. The zero-order chi connectivity index (χ0) is 19.6. The fraction of sp³-hybridized carbons (Fsp3) is 0.316. The van der Waals surface area contributed by atoms with Crippen molar-refractivity contribution in [2.24, 2.45) is 0 Å². The second-order valence-electron chi connectivity index (χ2n) is 6.19. The molecule has 0 aliphatic carbocycles. The molecular formula is C19H20O8. The summed E-state index contributed by atoms with van der Waals surface area (Å²) >= 11 is 0. The number of aromatic carboxylic acids is 1. The molecule has 0 aromatic heterocycles. The minimum Gasteiger partial charge on any atom is -0.478 e. The van der Waals surface area contributed by atoms with Crippen LogP contribution in [0, 0.1) is 0 Å². The van der Waals surface area contributed by atoms with Crippen LogP contribution >= 0.6 is 0 Å². The van der Waals surface area contributed by atoms with Crippen LogP contribution in [0.5, 0.6) is 5.75 Å². The highest BCUT2D eigenvalue weighted by molar-refractivity contribution is 5.88. The van der Waals surface area contributed by atoms with Gasteiger partial charge in [0.1, 0.15) is 30.2 Å². The minimum atomic E-state index is -1.54. The number of benzene rings is 2. The molecule has 0 amide bonds. The Kier molecular flexibility index (Phi) is 5.73. The summed E-state index contributed by atoms with van der Waals surface area (Å²) in [6.07, 6.45) is -6.91. The van der Waals surface area contributed by atoms with Gasteiger partial charge in [-0.3, -0.25) is 0 Å². The zero-order valence-electron chi connectivity index (χ0n) is 14.2. The van der Waals surface area contributed by atoms with Gasteiger partial charge in [-0.15, -0.1) is 0 Å². The van der Waals surface area contributed by atoms with Gasteiger partial charge in [0.25, 0.3) is 0 Å². The highest BCUT2D eigenvalue weighted by Gasteiger charge is 2.44. The third-order valence-electron chi connectivity index (χ3n) is 4.42. The smallest absolute Gasteiger partial charge is 0.335 e. The molecule has 0 bridgehead atoms. The van der Waals surface area contributed by atoms with E-state index in [2.05, 4.69) is 0 Å². The van der Waals surface area contributed by atoms with E-state index in [1.54, 1.807) is 36.4 Å². The van der Waals surface area contributed by atoms with Gasteiger partial charge in [-0.25, -0.2) is 4.79 Å². The maximum Gasteiger partial charge on any atom is 0.335 e. The monoisotopic (exact) mass is 376 g/mol. The van der Waals surface area contributed by atoms with E-state index in [0.717, 1.165) is 0 Å². The Balaban J connectivity index is 1.87. The van der Waals surface area contributed by atoms with E-state index in [-0.39, 0.29) is 5.56 Å². The number of aliphatic hydroxyl groups is 4. The van der Waals surface area contributed by atoms with Crippen molar-refractivity contribution in [3.05, 3.63) is 54.1 Å². The lowest BCUT2D eigenvalue weighted by Crippen LogP contribution is -2.60. The number of carboxylic acids is 1. The van der Waals surface area contributed by atoms with E-state index in [9.17, 15) is 25.2 Å². The summed E-state index contributed by atoms with van der Waals surface area (Å²) in [6.45, 7) is -0.552. The van der Waals surface area contributed by atoms with Crippen LogP contribution in [0.4, 0.5) is 0 Å². The molecule has 3 rings (SSSR count). The van der Waals surface area contributed by atoms with E-state index in [4.69, 9.17) is 14.6 Å². The summed E-state index contributed by atoms with van der Waals surface area (Å²) in [6, 6.07) is 13.0. The third kappa shape index (κ3) is 3.95. The van der Waals surface area contributed by atoms with Gasteiger partial charge < -0.3 is 35.0 Å². The summed E-state index contributed by atoms with van der Waals surface area (Å²) < 4.78 is 11.1. The first kappa shape index (κ1) is 19.3. The number of ether oxygens (including phenoxy) is 2. The molecule has 0 spiro atoms. The lowest BCUT2D eigenvalue weighted by Gasteiger charge is -2.39. The molecule has 2 aromatic carbocycles. The largest absolute Gasteiger partial charge is 0.478 e. The second kappa shape index (κ2) is 8.03. The summed E-state index contributed by atoms with van der Waals surface area (Å²) in [4.78, 5) is 11.0. The summed E-state index contributed by atoms with van der Waals surface area (Å²) in [7, 11) is 0. The van der Waals surface area contributed by atoms with Gasteiger partial charge in [0.2, 0.25) is 6.29 Å². The SMILES string of the molecule is O=C(O)c1ccc(-c2ccccc2OC2OC(CO)C(O)C(O)C2O)cc1. The second-order valence-corrected chi connectivity index (χ2v) is 6.19. The first-order valence-corrected chi connectivity index (χ1v) is 8.32. The molecular weight excluding hydrogens is 356 g/mol. The van der Waals surface area contributed by atoms with E-state index in [0.29, 0.717) is 16.9 Å². The molecule has 5 unspecified atom stereocenters. The molecule has 1 aliphatic rings. The average molecular weight is 376 g/mol. The number of hydrogen-bond acceptors (Lipinski definition) is 7. The molecule has 5 atom stereocenters. The van der Waals surface area contributed by atoms with Crippen molar-refractivity contribution in [3.8, 4) is 16.9 Å². The van der Waals surface area contributed by atoms with Crippen molar-refractivity contribution in [1.82, 2.24) is 0 Å². The van der Waals surface area contributed by atoms with Crippen LogP contribution in [0.15, 0.2) is 48.5 Å². The van der Waals surface area contributed by atoms with Gasteiger partial charge in [-0.05, 0) is 23.8 Å². The van der Waals surface area contributed by atoms with Gasteiger partial charge in [0.15, 0.2) is 0 Å². The Morgan fingerprint density at radius 3 is 2.26 bits per heavy atom. The Morgan fingerprint density at radius 2 is 1.63 bits per heavy atom. The average Bonchev–Trinajstić information content (AvgIpc) is 2.69. The number of carbonyl (C=O) groups is 1. The summed E-state index contributed by atoms with van der Waals surface area (Å²) in [5.41, 5.74) is 1.44. The maximum absolute atomic E-state index is 11.0. The van der Waals surface area contributed by atoms with Crippen molar-refractivity contribution < 1.29 is 39.8 Å². The molecule has 0 saturated carbocycles. The van der Waals surface area contributed by atoms with Crippen LogP contribution in [0.2, 0.25) is 0 Å². The van der Waals surface area contributed by atoms with Crippen molar-refractivity contribution in [2.45, 2.75) is 30.7 Å². The van der Waals surface area contributed by atoms with Gasteiger partial charge in [-0.1, -0.05) is 30.3 Å². The molecule has 1 heterocycles. The Labute approximate surface area is 154 Å². The normalized spacial score (nSPS) is 27.9. The molecule has 27 heavy (non-hydrogen) atoms. The van der Waals surface area contributed by atoms with E-state index in [1.165, 1.54) is 12.1 Å². The number of rotatable bonds is 5. The van der Waals surface area contributed by atoms with Gasteiger partial charge in [0, 0.05) is 5.56 Å². The Bertz CT molecular complexity index is 789. The quantitative estimate of drug-likeness (QED) is 0.500. The molecule has 5 N–H and O–H groups in total. The highest BCUT2D eigenvalue weighted by atomic mass is 16.7. The van der Waals surface area contributed by atoms with Crippen LogP contribution < -0.4 is 4.74 Å². The van der Waals surface area contributed by atoms with Crippen LogP contribution in [-0.4, -0.2) is 68.8 Å². The number of aliphatic hydroxyl groups excluding tert-OH is 4. The van der Waals surface area contributed by atoms with E-state index < -0.39 is 43.3 Å². The molecule has 8 nitrogen and oxygen atoms in total. The summed E-state index contributed by atoms with van der Waals surface area (Å²) in [5, 5.41) is 48.1. The van der Waals surface area contributed by atoms with Crippen molar-refractivity contribution >= 4 is 5.97 Å². The van der Waals surface area contributed by atoms with Gasteiger partial charge >= 0.3 is 5.97 Å². The van der Waals surface area contributed by atoms with Gasteiger partial charge in [0.05, 0.1) is 12.2 Å². The molecule has 144 valence electrons. The van der Waals surface area contributed by atoms with Crippen molar-refractivity contribution in [3.63, 3.8) is 0 Å². The fourth-order valence-electron chi connectivity index (χ4n) is 2.89. The molecule has 8 heteroatoms. The number of hydrogen-bond donors (Lipinski definition) is 5. The fourth-order valence-corrected chi connectivity index (χ4v) is 2.89. The molecule has 1 saturated heterocycles. The molecule has 2 aromatic rings. The highest BCUT2D eigenvalue weighted by Crippen LogP contribution is 2.33. The lowest BCUT2D eigenvalue weighted by atomic mass is 9.99. The van der Waals surface area contributed by atoms with Crippen LogP contribution in [0.25, 0.3) is 11.1 Å². The van der Waals surface area contributed by atoms with Crippen molar-refractivity contribution in [1.29, 1.82) is 0 Å². The Morgan fingerprint density at radius 1 is 0.963 bits per heavy atom. The summed E-state index contributed by atoms with van der Waals surface area (Å²) in [5.74, 6) is -0.711. The van der Waals surface area contributed by atoms with Gasteiger partial charge in [-0.2, -0.15) is 0 Å². The number of para-hydroxylation sites is 1. The standard InChI is InChI=1S/C19H20O8/c20-9-14-15(21)16(22)17(23)19(27-14)26-13-4-2-1-3-12(13)10-5-7-11(8-6-10)18(24)25/h1-8,14-17,19-23H,9H2,(H,24,25). The lowest BCUT2D eigenvalue weighted by molar-refractivity contribution is -0.277. The van der Waals surface area contributed by atoms with Crippen LogP contribution in [-0.2, 0) is 4.74 Å². The zero-order valence-corrected chi connectivity index (χ0v) is 14.2. The van der Waals surface area contributed by atoms with E-state index in [1.807, 2.05) is 0 Å².